The van der Waals surface area contributed by atoms with E-state index in [0.29, 0.717) is 6.42 Å². The first kappa shape index (κ1) is 25.3. The van der Waals surface area contributed by atoms with Gasteiger partial charge in [-0.25, -0.2) is 0 Å². The van der Waals surface area contributed by atoms with Gasteiger partial charge in [0.15, 0.2) is 5.78 Å². The summed E-state index contributed by atoms with van der Waals surface area (Å²) in [4.78, 5) is 39.4. The van der Waals surface area contributed by atoms with Crippen molar-refractivity contribution < 1.29 is 19.6 Å². The summed E-state index contributed by atoms with van der Waals surface area (Å²) < 4.78 is 0. The second kappa shape index (κ2) is 13.5. The molecule has 0 unspecified atom stereocenters. The van der Waals surface area contributed by atoms with Crippen molar-refractivity contribution in [2.24, 2.45) is 5.92 Å². The monoisotopic (exact) mass is 410 g/mol. The van der Waals surface area contributed by atoms with E-state index in [1.807, 2.05) is 11.6 Å². The number of Topliss-reactive ketones (excluding diaryl/α,β-unsaturated/α-hetero) is 1. The summed E-state index contributed by atoms with van der Waals surface area (Å²) in [6.45, 7) is 10.7. The molecule has 29 heavy (non-hydrogen) atoms. The van der Waals surface area contributed by atoms with E-state index in [1.165, 1.54) is 0 Å². The summed E-state index contributed by atoms with van der Waals surface area (Å²) in [5, 5.41) is 14.6. The Morgan fingerprint density at radius 3 is 2.28 bits per heavy atom. The molecule has 1 aliphatic carbocycles. The fraction of sp³-hybridized carbons (Fsp3) is 0.762. The molecule has 1 rings (SSSR count). The van der Waals surface area contributed by atoms with E-state index in [1.54, 1.807) is 13.8 Å². The fourth-order valence-electron chi connectivity index (χ4n) is 3.21. The standard InChI is InChI=1S/C21H38N4O4/c1-5-25(6-2)13-8-7-12-17(23-21(28)19(24-29)15(3)4)20(27)22-14-18(26)16-10-9-11-16/h10,15,17,19,24,29H,5-9,11-14H2,1-4H3,(H,22,27)(H,23,28)/t17-,19-/m0/s1. The van der Waals surface area contributed by atoms with E-state index in [9.17, 15) is 19.6 Å². The smallest absolute Gasteiger partial charge is 0.242 e. The van der Waals surface area contributed by atoms with Gasteiger partial charge in [-0.1, -0.05) is 33.8 Å². The number of nitrogens with zero attached hydrogens (tertiary/aromatic N) is 1. The Bertz CT molecular complexity index is 573. The third kappa shape index (κ3) is 8.64. The summed E-state index contributed by atoms with van der Waals surface area (Å²) in [5.74, 6) is -1.01. The molecule has 0 radical (unpaired) electrons. The van der Waals surface area contributed by atoms with Gasteiger partial charge in [-0.15, -0.1) is 0 Å². The Morgan fingerprint density at radius 2 is 1.79 bits per heavy atom. The first-order valence-electron chi connectivity index (χ1n) is 10.8. The minimum absolute atomic E-state index is 0.0532. The van der Waals surface area contributed by atoms with Crippen LogP contribution in [-0.2, 0) is 14.4 Å². The SMILES string of the molecule is CCN(CC)CCCC[C@H](NC(=O)[C@@H](NO)C(C)C)C(=O)NCC(=O)C1=CCC1. The molecule has 0 aromatic heterocycles. The second-order valence-electron chi connectivity index (χ2n) is 7.84. The Kier molecular flexibility index (Phi) is 11.7. The molecule has 2 atom stereocenters. The summed E-state index contributed by atoms with van der Waals surface area (Å²) >= 11 is 0. The highest BCUT2D eigenvalue weighted by atomic mass is 16.5. The average Bonchev–Trinajstić information content (AvgIpc) is 2.64. The van der Waals surface area contributed by atoms with E-state index in [-0.39, 0.29) is 24.2 Å². The molecule has 8 heteroatoms. The number of amides is 2. The van der Waals surface area contributed by atoms with Gasteiger partial charge in [0.1, 0.15) is 12.1 Å². The molecule has 1 aliphatic rings. The van der Waals surface area contributed by atoms with Crippen LogP contribution in [0.15, 0.2) is 11.6 Å². The van der Waals surface area contributed by atoms with E-state index >= 15 is 0 Å². The Hall–Kier alpha value is -1.77. The molecule has 4 N–H and O–H groups in total. The second-order valence-corrected chi connectivity index (χ2v) is 7.84. The van der Waals surface area contributed by atoms with Crippen LogP contribution in [0.2, 0.25) is 0 Å². The minimum atomic E-state index is -0.803. The van der Waals surface area contributed by atoms with E-state index < -0.39 is 18.0 Å². The fourth-order valence-corrected chi connectivity index (χ4v) is 3.21. The molecule has 0 aromatic rings. The van der Waals surface area contributed by atoms with Crippen LogP contribution in [0.5, 0.6) is 0 Å². The van der Waals surface area contributed by atoms with Crippen molar-refractivity contribution in [3.8, 4) is 0 Å². The van der Waals surface area contributed by atoms with Crippen molar-refractivity contribution in [2.75, 3.05) is 26.2 Å². The zero-order chi connectivity index (χ0) is 21.8. The molecule has 0 aliphatic heterocycles. The predicted octanol–water partition coefficient (Wildman–Crippen LogP) is 1.39. The van der Waals surface area contributed by atoms with E-state index in [2.05, 4.69) is 29.4 Å². The van der Waals surface area contributed by atoms with Gasteiger partial charge in [0, 0.05) is 0 Å². The predicted molar refractivity (Wildman–Crippen MR) is 112 cm³/mol. The van der Waals surface area contributed by atoms with E-state index in [0.717, 1.165) is 50.9 Å². The topological polar surface area (TPSA) is 111 Å². The number of carbonyl (C=O) groups is 3. The van der Waals surface area contributed by atoms with Gasteiger partial charge in [0.05, 0.1) is 6.54 Å². The lowest BCUT2D eigenvalue weighted by molar-refractivity contribution is -0.133. The molecule has 0 aromatic carbocycles. The average molecular weight is 411 g/mol. The van der Waals surface area contributed by atoms with Gasteiger partial charge in [0.25, 0.3) is 0 Å². The van der Waals surface area contributed by atoms with Gasteiger partial charge >= 0.3 is 0 Å². The Balaban J connectivity index is 2.63. The van der Waals surface area contributed by atoms with Gasteiger partial charge in [0.2, 0.25) is 11.8 Å². The summed E-state index contributed by atoms with van der Waals surface area (Å²) in [6, 6.07) is -1.54. The Labute approximate surface area is 174 Å². The third-order valence-corrected chi connectivity index (χ3v) is 5.42. The van der Waals surface area contributed by atoms with E-state index in [4.69, 9.17) is 0 Å². The van der Waals surface area contributed by atoms with Crippen molar-refractivity contribution in [1.29, 1.82) is 0 Å². The normalized spacial score (nSPS) is 15.5. The Morgan fingerprint density at radius 1 is 1.14 bits per heavy atom. The van der Waals surface area contributed by atoms with Crippen LogP contribution >= 0.6 is 0 Å². The molecular weight excluding hydrogens is 372 g/mol. The van der Waals surface area contributed by atoms with Crippen molar-refractivity contribution in [3.05, 3.63) is 11.6 Å². The van der Waals surface area contributed by atoms with Crippen LogP contribution in [0.1, 0.15) is 59.8 Å². The number of nitrogens with one attached hydrogen (secondary N) is 3. The number of rotatable bonds is 15. The minimum Gasteiger partial charge on any atom is -0.347 e. The number of carbonyl (C=O) groups excluding carboxylic acids is 3. The molecule has 166 valence electrons. The highest BCUT2D eigenvalue weighted by Gasteiger charge is 2.27. The maximum absolute atomic E-state index is 12.6. The number of hydroxylamine groups is 1. The number of unbranched alkanes of at least 4 members (excludes halogenated alkanes) is 1. The summed E-state index contributed by atoms with van der Waals surface area (Å²) in [5.41, 5.74) is 2.77. The first-order chi connectivity index (χ1) is 13.8. The molecule has 2 amide bonds. The zero-order valence-electron chi connectivity index (χ0n) is 18.3. The zero-order valence-corrected chi connectivity index (χ0v) is 18.3. The maximum Gasteiger partial charge on any atom is 0.242 e. The highest BCUT2D eigenvalue weighted by molar-refractivity contribution is 6.00. The molecule has 0 bridgehead atoms. The lowest BCUT2D eigenvalue weighted by Crippen LogP contribution is -2.54. The lowest BCUT2D eigenvalue weighted by atomic mass is 9.95. The number of hydrogen-bond acceptors (Lipinski definition) is 6. The molecule has 8 nitrogen and oxygen atoms in total. The van der Waals surface area contributed by atoms with Crippen molar-refractivity contribution >= 4 is 17.6 Å². The first-order valence-corrected chi connectivity index (χ1v) is 10.8. The largest absolute Gasteiger partial charge is 0.347 e. The number of hydrogen-bond donors (Lipinski definition) is 4. The molecular formula is C21H38N4O4. The van der Waals surface area contributed by atoms with Crippen molar-refractivity contribution in [2.45, 2.75) is 71.9 Å². The number of ketones is 1. The highest BCUT2D eigenvalue weighted by Crippen LogP contribution is 2.18. The molecule has 0 spiro atoms. The summed E-state index contributed by atoms with van der Waals surface area (Å²) in [7, 11) is 0. The van der Waals surface area contributed by atoms with Crippen LogP contribution in [0, 0.1) is 5.92 Å². The van der Waals surface area contributed by atoms with Crippen molar-refractivity contribution in [1.82, 2.24) is 21.0 Å². The number of allylic oxidation sites excluding steroid dienone is 1. The van der Waals surface area contributed by atoms with Crippen LogP contribution in [-0.4, -0.2) is 66.0 Å². The van der Waals surface area contributed by atoms with Gasteiger partial charge in [-0.2, -0.15) is 5.48 Å². The van der Waals surface area contributed by atoms with Crippen LogP contribution in [0.3, 0.4) is 0 Å². The van der Waals surface area contributed by atoms with Crippen molar-refractivity contribution in [3.63, 3.8) is 0 Å². The van der Waals surface area contributed by atoms with Crippen LogP contribution < -0.4 is 16.1 Å². The third-order valence-electron chi connectivity index (χ3n) is 5.42. The lowest BCUT2D eigenvalue weighted by Gasteiger charge is -2.24. The van der Waals surface area contributed by atoms with Gasteiger partial charge in [-0.05, 0) is 63.2 Å². The van der Waals surface area contributed by atoms with Gasteiger partial charge in [-0.3, -0.25) is 14.4 Å². The van der Waals surface area contributed by atoms with Gasteiger partial charge < -0.3 is 20.7 Å². The molecule has 0 saturated heterocycles. The van der Waals surface area contributed by atoms with Crippen LogP contribution in [0.25, 0.3) is 0 Å². The quantitative estimate of drug-likeness (QED) is 0.240. The molecule has 0 saturated carbocycles. The summed E-state index contributed by atoms with van der Waals surface area (Å²) in [6.07, 6.45) is 5.71. The molecule has 0 fully saturated rings. The maximum atomic E-state index is 12.6. The molecule has 0 heterocycles. The van der Waals surface area contributed by atoms with Crippen LogP contribution in [0.4, 0.5) is 0 Å².